The number of carboxylic acid groups (broad SMARTS) is 2. The largest absolute Gasteiger partial charge is 0.519 e. The Bertz CT molecular complexity index is 1060. The first-order valence-corrected chi connectivity index (χ1v) is 11.8. The number of rotatable bonds is 8. The first kappa shape index (κ1) is 22.0. The molecule has 2 aromatic carbocycles. The number of halogens is 1. The Morgan fingerprint density at radius 1 is 1.03 bits per heavy atom. The van der Waals surface area contributed by atoms with E-state index >= 15 is 0 Å². The number of hydrogen-bond acceptors (Lipinski definition) is 3. The second-order valence-corrected chi connectivity index (χ2v) is 9.72. The fourth-order valence-electron chi connectivity index (χ4n) is 6.12. The summed E-state index contributed by atoms with van der Waals surface area (Å²) in [7, 11) is 0. The lowest BCUT2D eigenvalue weighted by atomic mass is 9.66. The van der Waals surface area contributed by atoms with E-state index in [2.05, 4.69) is 4.90 Å². The van der Waals surface area contributed by atoms with E-state index in [-0.39, 0.29) is 35.5 Å². The van der Waals surface area contributed by atoms with Gasteiger partial charge >= 0.3 is 12.1 Å². The molecule has 3 aliphatic rings. The topological polar surface area (TPSA) is 77.8 Å². The maximum absolute atomic E-state index is 14.6. The van der Waals surface area contributed by atoms with E-state index in [0.29, 0.717) is 24.7 Å². The third-order valence-corrected chi connectivity index (χ3v) is 7.80. The summed E-state index contributed by atoms with van der Waals surface area (Å²) >= 11 is 0. The molecule has 2 saturated carbocycles. The van der Waals surface area contributed by atoms with Gasteiger partial charge in [-0.15, -0.1) is 0 Å². The molecule has 1 heterocycles. The van der Waals surface area contributed by atoms with Crippen molar-refractivity contribution in [2.45, 2.75) is 63.2 Å². The Hall–Kier alpha value is -2.77. The van der Waals surface area contributed by atoms with Crippen LogP contribution < -0.4 is 4.48 Å². The van der Waals surface area contributed by atoms with Gasteiger partial charge < -0.3 is 10.2 Å². The van der Waals surface area contributed by atoms with Gasteiger partial charge in [0.05, 0.1) is 0 Å². The van der Waals surface area contributed by atoms with Crippen LogP contribution in [-0.4, -0.2) is 45.8 Å². The summed E-state index contributed by atoms with van der Waals surface area (Å²) in [5, 5.41) is 19.8. The van der Waals surface area contributed by atoms with Crippen LogP contribution in [0.4, 0.5) is 14.9 Å². The maximum atomic E-state index is 14.6. The number of aliphatic carboxylic acids is 1. The molecular formula is C26H30FN2O4+. The number of quaternary nitrogens is 1. The lowest BCUT2D eigenvalue weighted by Crippen LogP contribution is -2.70. The van der Waals surface area contributed by atoms with Crippen LogP contribution >= 0.6 is 0 Å². The van der Waals surface area contributed by atoms with E-state index in [1.54, 1.807) is 6.07 Å². The number of nitrogens with zero attached hydrogens (tertiary/aromatic N) is 2. The van der Waals surface area contributed by atoms with Gasteiger partial charge in [0.15, 0.2) is 5.69 Å². The van der Waals surface area contributed by atoms with Gasteiger partial charge in [-0.25, -0.2) is 4.39 Å². The highest BCUT2D eigenvalue weighted by Gasteiger charge is 2.63. The molecule has 1 amide bonds. The van der Waals surface area contributed by atoms with Crippen molar-refractivity contribution in [1.82, 2.24) is 9.38 Å². The Balaban J connectivity index is 1.60. The number of carboxylic acids is 1. The van der Waals surface area contributed by atoms with E-state index in [0.717, 1.165) is 36.8 Å². The second kappa shape index (κ2) is 8.54. The van der Waals surface area contributed by atoms with Crippen LogP contribution in [0.15, 0.2) is 48.5 Å². The highest BCUT2D eigenvalue weighted by atomic mass is 19.1. The van der Waals surface area contributed by atoms with Gasteiger partial charge in [0, 0.05) is 48.0 Å². The third-order valence-electron chi connectivity index (χ3n) is 7.80. The summed E-state index contributed by atoms with van der Waals surface area (Å²) in [6, 6.07) is 14.5. The molecule has 0 saturated heterocycles. The number of carbonyl (C=O) groups is 2. The van der Waals surface area contributed by atoms with E-state index in [4.69, 9.17) is 5.11 Å². The molecule has 2 aromatic rings. The molecule has 0 spiro atoms. The molecule has 174 valence electrons. The monoisotopic (exact) mass is 453 g/mol. The second-order valence-electron chi connectivity index (χ2n) is 9.72. The standard InChI is InChI=1S/C26H29FN2O4/c27-18-8-11-21-23(15-18)29(26(32)33,16-17-5-2-1-3-6-17)22-13-12-20(22)25(21)28(19-9-10-19)14-4-7-24(30)31/h1-3,5-6,8,11,15,19-20,22,25H,4,7,9-10,12-14,16H2,(H-,30,31,32,33)/p+1/t20-,22-,25+,29?/m0/s1. The number of amides is 1. The van der Waals surface area contributed by atoms with E-state index in [1.807, 2.05) is 30.3 Å². The molecular weight excluding hydrogens is 423 g/mol. The maximum Gasteiger partial charge on any atom is 0.519 e. The van der Waals surface area contributed by atoms with Gasteiger partial charge in [-0.05, 0) is 44.4 Å². The van der Waals surface area contributed by atoms with Crippen LogP contribution in [0.5, 0.6) is 0 Å². The number of hydrogen-bond donors (Lipinski definition) is 2. The van der Waals surface area contributed by atoms with Gasteiger partial charge in [-0.1, -0.05) is 30.3 Å². The SMILES string of the molecule is O=C(O)CCCN(C1CC1)[C@H]1c2ccc(F)cc2[N+](Cc2ccccc2)(C(=O)O)[C@H]2CC[C@H]12. The molecule has 7 heteroatoms. The molecule has 0 aromatic heterocycles. The molecule has 5 rings (SSSR count). The van der Waals surface area contributed by atoms with Crippen molar-refractivity contribution in [3.63, 3.8) is 0 Å². The van der Waals surface area contributed by atoms with Gasteiger partial charge in [0.25, 0.3) is 0 Å². The molecule has 0 bridgehead atoms. The highest BCUT2D eigenvalue weighted by molar-refractivity contribution is 5.84. The molecule has 6 nitrogen and oxygen atoms in total. The molecule has 33 heavy (non-hydrogen) atoms. The van der Waals surface area contributed by atoms with E-state index in [9.17, 15) is 19.1 Å². The normalized spacial score (nSPS) is 28.0. The van der Waals surface area contributed by atoms with Crippen LogP contribution in [0.25, 0.3) is 0 Å². The van der Waals surface area contributed by atoms with Crippen molar-refractivity contribution >= 4 is 17.7 Å². The summed E-state index contributed by atoms with van der Waals surface area (Å²) < 4.78 is 14.3. The summed E-state index contributed by atoms with van der Waals surface area (Å²) in [6.07, 6.45) is 3.58. The van der Waals surface area contributed by atoms with E-state index < -0.39 is 17.9 Å². The van der Waals surface area contributed by atoms with Crippen LogP contribution in [0, 0.1) is 11.7 Å². The van der Waals surface area contributed by atoms with Crippen molar-refractivity contribution in [1.29, 1.82) is 0 Å². The zero-order chi connectivity index (χ0) is 23.2. The van der Waals surface area contributed by atoms with Crippen molar-refractivity contribution in [3.05, 3.63) is 65.5 Å². The first-order chi connectivity index (χ1) is 15.9. The van der Waals surface area contributed by atoms with Crippen LogP contribution in [0.3, 0.4) is 0 Å². The number of fused-ring (bicyclic) bond motifs is 2. The lowest BCUT2D eigenvalue weighted by molar-refractivity contribution is -0.137. The molecule has 0 radical (unpaired) electrons. The number of benzene rings is 2. The van der Waals surface area contributed by atoms with Gasteiger partial charge in [-0.2, -0.15) is 9.28 Å². The zero-order valence-electron chi connectivity index (χ0n) is 18.6. The minimum atomic E-state index is -0.942. The average Bonchev–Trinajstić information content (AvgIpc) is 3.59. The fourth-order valence-corrected chi connectivity index (χ4v) is 6.12. The van der Waals surface area contributed by atoms with Crippen molar-refractivity contribution in [3.8, 4) is 0 Å². The Morgan fingerprint density at radius 3 is 2.39 bits per heavy atom. The van der Waals surface area contributed by atoms with Crippen LogP contribution in [0.1, 0.15) is 55.7 Å². The average molecular weight is 454 g/mol. The van der Waals surface area contributed by atoms with Crippen molar-refractivity contribution in [2.24, 2.45) is 5.92 Å². The quantitative estimate of drug-likeness (QED) is 0.539. The predicted molar refractivity (Wildman–Crippen MR) is 122 cm³/mol. The van der Waals surface area contributed by atoms with Gasteiger partial charge in [-0.3, -0.25) is 9.69 Å². The third kappa shape index (κ3) is 3.83. The van der Waals surface area contributed by atoms with Gasteiger partial charge in [0.1, 0.15) is 18.4 Å². The van der Waals surface area contributed by atoms with Crippen LogP contribution in [-0.2, 0) is 11.3 Å². The Morgan fingerprint density at radius 2 is 1.79 bits per heavy atom. The van der Waals surface area contributed by atoms with Gasteiger partial charge in [0.2, 0.25) is 0 Å². The predicted octanol–water partition coefficient (Wildman–Crippen LogP) is 5.17. The van der Waals surface area contributed by atoms with Crippen molar-refractivity contribution < 1.29 is 24.2 Å². The minimum absolute atomic E-state index is 0.00187. The van der Waals surface area contributed by atoms with Crippen LogP contribution in [0.2, 0.25) is 0 Å². The molecule has 2 N–H and O–H groups in total. The highest BCUT2D eigenvalue weighted by Crippen LogP contribution is 2.57. The summed E-state index contributed by atoms with van der Waals surface area (Å²) in [4.78, 5) is 26.5. The Kier molecular flexibility index (Phi) is 5.70. The summed E-state index contributed by atoms with van der Waals surface area (Å²) in [6.45, 7) is 0.941. The summed E-state index contributed by atoms with van der Waals surface area (Å²) in [5.74, 6) is -1.08. The molecule has 2 aliphatic carbocycles. The molecule has 2 fully saturated rings. The lowest BCUT2D eigenvalue weighted by Gasteiger charge is -2.57. The molecule has 1 unspecified atom stereocenters. The van der Waals surface area contributed by atoms with E-state index in [1.165, 1.54) is 12.1 Å². The van der Waals surface area contributed by atoms with Crippen molar-refractivity contribution in [2.75, 3.05) is 6.54 Å². The first-order valence-electron chi connectivity index (χ1n) is 11.8. The Labute approximate surface area is 192 Å². The minimum Gasteiger partial charge on any atom is -0.481 e. The smallest absolute Gasteiger partial charge is 0.481 e. The zero-order valence-corrected chi connectivity index (χ0v) is 18.6. The fraction of sp³-hybridized carbons (Fsp3) is 0.462. The summed E-state index contributed by atoms with van der Waals surface area (Å²) in [5.41, 5.74) is 2.35. The molecule has 4 atom stereocenters. The molecule has 1 aliphatic heterocycles.